The van der Waals surface area contributed by atoms with Crippen molar-refractivity contribution >= 4 is 61.7 Å². The molecule has 1 atom stereocenters. The van der Waals surface area contributed by atoms with E-state index in [-0.39, 0.29) is 11.5 Å². The Kier molecular flexibility index (Phi) is 7.55. The van der Waals surface area contributed by atoms with Gasteiger partial charge in [-0.1, -0.05) is 23.2 Å². The number of carbonyl (C=O) groups is 1. The average molecular weight is 564 g/mol. The lowest BCUT2D eigenvalue weighted by atomic mass is 10.2. The smallest absolute Gasteiger partial charge is 0.327 e. The van der Waals surface area contributed by atoms with Crippen LogP contribution in [0.4, 0.5) is 11.6 Å². The quantitative estimate of drug-likeness (QED) is 0.405. The molecule has 2 aromatic heterocycles. The van der Waals surface area contributed by atoms with E-state index in [9.17, 15) is 13.2 Å². The first-order valence-corrected chi connectivity index (χ1v) is 13.7. The standard InChI is InChI=1S/C25H27Cl2N5O4S/c1-25(2,3)36-23(33)15-32(37(34,35)20-13-17(26)12-18(27)14-20)19-5-6-21-16(11-19)8-10-31(21)22-7-9-29-24(28-4)30-22/h5-13,20H,14-15H2,1-4H3,(H,28,29,30). The highest BCUT2D eigenvalue weighted by Gasteiger charge is 2.35. The summed E-state index contributed by atoms with van der Waals surface area (Å²) >= 11 is 12.3. The molecule has 0 amide bonds. The summed E-state index contributed by atoms with van der Waals surface area (Å²) in [4.78, 5) is 21.4. The molecule has 4 rings (SSSR count). The first kappa shape index (κ1) is 27.0. The molecule has 12 heteroatoms. The van der Waals surface area contributed by atoms with Crippen molar-refractivity contribution in [2.75, 3.05) is 23.2 Å². The van der Waals surface area contributed by atoms with Crippen molar-refractivity contribution in [1.82, 2.24) is 14.5 Å². The second-order valence-corrected chi connectivity index (χ2v) is 12.4. The highest BCUT2D eigenvalue weighted by atomic mass is 35.5. The van der Waals surface area contributed by atoms with Crippen LogP contribution >= 0.6 is 23.2 Å². The van der Waals surface area contributed by atoms with Crippen molar-refractivity contribution in [3.05, 3.63) is 64.9 Å². The number of halogens is 2. The van der Waals surface area contributed by atoms with Gasteiger partial charge in [0.1, 0.15) is 23.2 Å². The van der Waals surface area contributed by atoms with Gasteiger partial charge in [-0.3, -0.25) is 9.10 Å². The summed E-state index contributed by atoms with van der Waals surface area (Å²) < 4.78 is 36.0. The third-order valence-corrected chi connectivity index (χ3v) is 8.01. The highest BCUT2D eigenvalue weighted by Crippen LogP contribution is 2.33. The van der Waals surface area contributed by atoms with Crippen LogP contribution in [0.15, 0.2) is 64.9 Å². The van der Waals surface area contributed by atoms with Gasteiger partial charge >= 0.3 is 5.97 Å². The summed E-state index contributed by atoms with van der Waals surface area (Å²) in [5, 5.41) is 3.16. The van der Waals surface area contributed by atoms with E-state index in [0.717, 1.165) is 15.2 Å². The Bertz CT molecular complexity index is 1510. The van der Waals surface area contributed by atoms with Crippen LogP contribution in [0, 0.1) is 0 Å². The fourth-order valence-corrected chi connectivity index (χ4v) is 6.47. The van der Waals surface area contributed by atoms with E-state index in [2.05, 4.69) is 15.3 Å². The summed E-state index contributed by atoms with van der Waals surface area (Å²) in [5.74, 6) is 0.433. The normalized spacial score (nSPS) is 16.2. The molecule has 2 heterocycles. The molecule has 0 bridgehead atoms. The van der Waals surface area contributed by atoms with Crippen molar-refractivity contribution in [3.63, 3.8) is 0 Å². The number of carbonyl (C=O) groups excluding carboxylic acids is 1. The molecule has 37 heavy (non-hydrogen) atoms. The molecule has 1 aliphatic rings. The van der Waals surface area contributed by atoms with E-state index >= 15 is 0 Å². The van der Waals surface area contributed by atoms with Gasteiger partial charge < -0.3 is 14.6 Å². The maximum atomic E-state index is 13.8. The van der Waals surface area contributed by atoms with E-state index in [1.807, 2.05) is 16.8 Å². The molecule has 9 nitrogen and oxygen atoms in total. The number of fused-ring (bicyclic) bond motifs is 1. The summed E-state index contributed by atoms with van der Waals surface area (Å²) in [6.45, 7) is 4.66. The predicted molar refractivity (Wildman–Crippen MR) is 147 cm³/mol. The average Bonchev–Trinajstić information content (AvgIpc) is 3.24. The number of rotatable bonds is 7. The number of hydrogen-bond donors (Lipinski definition) is 1. The number of hydrogen-bond acceptors (Lipinski definition) is 7. The molecule has 0 radical (unpaired) electrons. The molecule has 1 N–H and O–H groups in total. The van der Waals surface area contributed by atoms with E-state index in [4.69, 9.17) is 27.9 Å². The molecule has 1 aromatic carbocycles. The number of nitrogens with one attached hydrogen (secondary N) is 1. The molecule has 1 aliphatic carbocycles. The lowest BCUT2D eigenvalue weighted by Gasteiger charge is -2.30. The fraction of sp³-hybridized carbons (Fsp3) is 0.320. The number of allylic oxidation sites excluding steroid dienone is 3. The van der Waals surface area contributed by atoms with Crippen LogP contribution in [0.2, 0.25) is 0 Å². The van der Waals surface area contributed by atoms with Gasteiger partial charge in [0.2, 0.25) is 16.0 Å². The van der Waals surface area contributed by atoms with Gasteiger partial charge in [0.05, 0.1) is 11.2 Å². The number of anilines is 2. The zero-order valence-electron chi connectivity index (χ0n) is 20.8. The third-order valence-electron chi connectivity index (χ3n) is 5.49. The molecule has 0 spiro atoms. The predicted octanol–water partition coefficient (Wildman–Crippen LogP) is 4.96. The van der Waals surface area contributed by atoms with Crippen molar-refractivity contribution < 1.29 is 17.9 Å². The van der Waals surface area contributed by atoms with Crippen LogP contribution in [0.3, 0.4) is 0 Å². The second-order valence-electron chi connectivity index (χ2n) is 9.44. The number of sulfonamides is 1. The van der Waals surface area contributed by atoms with Gasteiger partial charge in [0.15, 0.2) is 0 Å². The summed E-state index contributed by atoms with van der Waals surface area (Å²) in [5.41, 5.74) is 0.327. The molecular weight excluding hydrogens is 537 g/mol. The lowest BCUT2D eigenvalue weighted by molar-refractivity contribution is -0.152. The SMILES string of the molecule is CNc1nccc(-n2ccc3cc(N(CC(=O)OC(C)(C)C)S(=O)(=O)C4C=C(Cl)C=C(Cl)C4)ccc32)n1. The summed E-state index contributed by atoms with van der Waals surface area (Å²) in [6, 6.07) is 8.74. The highest BCUT2D eigenvalue weighted by molar-refractivity contribution is 7.93. The number of esters is 1. The monoisotopic (exact) mass is 563 g/mol. The van der Waals surface area contributed by atoms with Gasteiger partial charge in [-0.25, -0.2) is 13.4 Å². The Morgan fingerprint density at radius 1 is 1.24 bits per heavy atom. The number of nitrogens with zero attached hydrogens (tertiary/aromatic N) is 4. The van der Waals surface area contributed by atoms with E-state index in [1.54, 1.807) is 58.3 Å². The van der Waals surface area contributed by atoms with Crippen LogP contribution in [0.25, 0.3) is 16.7 Å². The van der Waals surface area contributed by atoms with Crippen molar-refractivity contribution in [1.29, 1.82) is 0 Å². The number of benzene rings is 1. The van der Waals surface area contributed by atoms with Crippen molar-refractivity contribution in [3.8, 4) is 5.82 Å². The van der Waals surface area contributed by atoms with Gasteiger partial charge in [0, 0.05) is 41.3 Å². The fourth-order valence-electron chi connectivity index (χ4n) is 3.95. The van der Waals surface area contributed by atoms with Gasteiger partial charge in [-0.2, -0.15) is 4.98 Å². The third kappa shape index (κ3) is 6.08. The van der Waals surface area contributed by atoms with Gasteiger partial charge in [-0.05, 0) is 63.3 Å². The van der Waals surface area contributed by atoms with Gasteiger partial charge in [-0.15, -0.1) is 0 Å². The summed E-state index contributed by atoms with van der Waals surface area (Å²) in [7, 11) is -2.37. The van der Waals surface area contributed by atoms with E-state index in [1.165, 1.54) is 12.2 Å². The minimum absolute atomic E-state index is 0.0467. The topological polar surface area (TPSA) is 106 Å². The minimum Gasteiger partial charge on any atom is -0.459 e. The zero-order valence-corrected chi connectivity index (χ0v) is 23.1. The zero-order chi connectivity index (χ0) is 27.0. The Morgan fingerprint density at radius 3 is 2.68 bits per heavy atom. The van der Waals surface area contributed by atoms with Crippen LogP contribution in [0.1, 0.15) is 27.2 Å². The molecule has 0 saturated carbocycles. The molecule has 0 aliphatic heterocycles. The number of ether oxygens (including phenoxy) is 1. The van der Waals surface area contributed by atoms with E-state index in [0.29, 0.717) is 22.5 Å². The molecule has 196 valence electrons. The van der Waals surface area contributed by atoms with Crippen molar-refractivity contribution in [2.45, 2.75) is 38.0 Å². The first-order valence-electron chi connectivity index (χ1n) is 11.5. The van der Waals surface area contributed by atoms with Crippen LogP contribution < -0.4 is 9.62 Å². The Hall–Kier alpha value is -3.08. The molecule has 3 aromatic rings. The molecule has 0 fully saturated rings. The molecule has 0 saturated heterocycles. The summed E-state index contributed by atoms with van der Waals surface area (Å²) in [6.07, 6.45) is 6.46. The lowest BCUT2D eigenvalue weighted by Crippen LogP contribution is -2.43. The van der Waals surface area contributed by atoms with Crippen molar-refractivity contribution in [2.24, 2.45) is 0 Å². The maximum Gasteiger partial charge on any atom is 0.327 e. The van der Waals surface area contributed by atoms with Gasteiger partial charge in [0.25, 0.3) is 0 Å². The molecular formula is C25H27Cl2N5O4S. The van der Waals surface area contributed by atoms with Crippen LogP contribution in [-0.4, -0.2) is 53.4 Å². The first-order chi connectivity index (χ1) is 17.4. The Morgan fingerprint density at radius 2 is 2.00 bits per heavy atom. The number of aromatic nitrogens is 3. The maximum absolute atomic E-state index is 13.8. The Labute approximate surface area is 225 Å². The minimum atomic E-state index is -4.11. The van der Waals surface area contributed by atoms with Crippen LogP contribution in [0.5, 0.6) is 0 Å². The largest absolute Gasteiger partial charge is 0.459 e. The second kappa shape index (κ2) is 10.4. The van der Waals surface area contributed by atoms with E-state index < -0.39 is 33.4 Å². The Balaban J connectivity index is 1.76. The molecule has 1 unspecified atom stereocenters. The van der Waals surface area contributed by atoms with Crippen LogP contribution in [-0.2, 0) is 19.6 Å².